The normalized spacial score (nSPS) is 16.2. The third-order valence-corrected chi connectivity index (χ3v) is 6.28. The molecule has 0 aliphatic carbocycles. The minimum Gasteiger partial charge on any atom is -0.494 e. The SMILES string of the molecule is CCN(O[C@@H](c1cccc(Cl)c1)C1CCCN(C(=O)N(N)CCCOc2ccccc2)C1)C(=O)OC. The Kier molecular flexibility index (Phi) is 10.7. The minimum atomic E-state index is -0.584. The Balaban J connectivity index is 1.63. The molecule has 1 unspecified atom stereocenters. The lowest BCUT2D eigenvalue weighted by atomic mass is 9.88. The van der Waals surface area contributed by atoms with Gasteiger partial charge in [-0.2, -0.15) is 5.06 Å². The van der Waals surface area contributed by atoms with Crippen LogP contribution in [0.1, 0.15) is 37.9 Å². The smallest absolute Gasteiger partial charge is 0.433 e. The molecule has 196 valence electrons. The van der Waals surface area contributed by atoms with Gasteiger partial charge in [-0.1, -0.05) is 41.9 Å². The second-order valence-electron chi connectivity index (χ2n) is 8.59. The maximum Gasteiger partial charge on any atom is 0.433 e. The Bertz CT molecular complexity index is 980. The van der Waals surface area contributed by atoms with Crippen molar-refractivity contribution in [3.63, 3.8) is 0 Å². The summed E-state index contributed by atoms with van der Waals surface area (Å²) in [7, 11) is 1.31. The summed E-state index contributed by atoms with van der Waals surface area (Å²) in [5.74, 6) is 6.82. The number of carbonyl (C=O) groups is 2. The van der Waals surface area contributed by atoms with E-state index in [-0.39, 0.29) is 11.9 Å². The molecule has 2 atom stereocenters. The predicted molar refractivity (Wildman–Crippen MR) is 137 cm³/mol. The summed E-state index contributed by atoms with van der Waals surface area (Å²) in [6.45, 7) is 3.96. The third-order valence-electron chi connectivity index (χ3n) is 6.04. The highest BCUT2D eigenvalue weighted by molar-refractivity contribution is 6.30. The average Bonchev–Trinajstić information content (AvgIpc) is 2.91. The standard InChI is InChI=1S/C26H35ClN4O5/c1-3-31(26(33)34-2)36-24(20-10-7-12-22(27)18-20)21-11-8-15-29(19-21)25(32)30(28)16-9-17-35-23-13-5-4-6-14-23/h4-7,10,12-14,18,21,24H,3,8-9,11,15-17,19,28H2,1-2H3/t21?,24-/m0/s1. The number of hydrogen-bond acceptors (Lipinski definition) is 6. The highest BCUT2D eigenvalue weighted by atomic mass is 35.5. The van der Waals surface area contributed by atoms with Gasteiger partial charge >= 0.3 is 12.1 Å². The number of hydroxylamine groups is 2. The fourth-order valence-electron chi connectivity index (χ4n) is 4.24. The summed E-state index contributed by atoms with van der Waals surface area (Å²) >= 11 is 6.25. The maximum absolute atomic E-state index is 13.1. The van der Waals surface area contributed by atoms with Crippen molar-refractivity contribution in [3.8, 4) is 5.75 Å². The fraction of sp³-hybridized carbons (Fsp3) is 0.462. The predicted octanol–water partition coefficient (Wildman–Crippen LogP) is 4.88. The second-order valence-corrected chi connectivity index (χ2v) is 9.02. The van der Waals surface area contributed by atoms with E-state index in [1.54, 1.807) is 17.9 Å². The lowest BCUT2D eigenvalue weighted by molar-refractivity contribution is -0.193. The van der Waals surface area contributed by atoms with Crippen LogP contribution in [0.3, 0.4) is 0 Å². The summed E-state index contributed by atoms with van der Waals surface area (Å²) in [5, 5.41) is 2.99. The van der Waals surface area contributed by atoms with Crippen molar-refractivity contribution in [2.75, 3.05) is 39.9 Å². The van der Waals surface area contributed by atoms with Crippen molar-refractivity contribution in [1.29, 1.82) is 0 Å². The van der Waals surface area contributed by atoms with Gasteiger partial charge in [-0.25, -0.2) is 15.4 Å². The van der Waals surface area contributed by atoms with Crippen LogP contribution in [0.25, 0.3) is 0 Å². The van der Waals surface area contributed by atoms with Crippen molar-refractivity contribution in [3.05, 3.63) is 65.2 Å². The molecule has 0 bridgehead atoms. The van der Waals surface area contributed by atoms with Gasteiger partial charge in [0, 0.05) is 43.5 Å². The van der Waals surface area contributed by atoms with E-state index in [9.17, 15) is 9.59 Å². The third kappa shape index (κ3) is 7.74. The van der Waals surface area contributed by atoms with Crippen LogP contribution in [0.4, 0.5) is 9.59 Å². The number of para-hydroxylation sites is 1. The number of ether oxygens (including phenoxy) is 2. The molecule has 1 saturated heterocycles. The first kappa shape index (κ1) is 27.6. The van der Waals surface area contributed by atoms with E-state index >= 15 is 0 Å². The van der Waals surface area contributed by atoms with Crippen molar-refractivity contribution >= 4 is 23.7 Å². The molecular weight excluding hydrogens is 484 g/mol. The Morgan fingerprint density at radius 2 is 1.97 bits per heavy atom. The van der Waals surface area contributed by atoms with Crippen molar-refractivity contribution < 1.29 is 23.9 Å². The molecule has 2 N–H and O–H groups in total. The van der Waals surface area contributed by atoms with E-state index in [4.69, 9.17) is 31.8 Å². The zero-order valence-electron chi connectivity index (χ0n) is 20.8. The van der Waals surface area contributed by atoms with Gasteiger partial charge in [-0.15, -0.1) is 0 Å². The lowest BCUT2D eigenvalue weighted by Crippen LogP contribution is -2.51. The maximum atomic E-state index is 13.1. The molecule has 3 rings (SSSR count). The van der Waals surface area contributed by atoms with Gasteiger partial charge in [0.2, 0.25) is 0 Å². The average molecular weight is 519 g/mol. The first-order valence-electron chi connectivity index (χ1n) is 12.2. The molecular formula is C26H35ClN4O5. The number of piperidine rings is 1. The number of benzene rings is 2. The number of halogens is 1. The van der Waals surface area contributed by atoms with Crippen molar-refractivity contribution in [2.24, 2.45) is 11.8 Å². The summed E-state index contributed by atoms with van der Waals surface area (Å²) in [4.78, 5) is 33.2. The summed E-state index contributed by atoms with van der Waals surface area (Å²) in [6.07, 6.45) is 1.12. The van der Waals surface area contributed by atoms with Gasteiger partial charge in [0.15, 0.2) is 0 Å². The van der Waals surface area contributed by atoms with E-state index in [2.05, 4.69) is 0 Å². The van der Waals surface area contributed by atoms with Crippen LogP contribution in [0, 0.1) is 5.92 Å². The Labute approximate surface area is 217 Å². The molecule has 2 aromatic carbocycles. The van der Waals surface area contributed by atoms with Crippen molar-refractivity contribution in [1.82, 2.24) is 15.0 Å². The highest BCUT2D eigenvalue weighted by Crippen LogP contribution is 2.35. The minimum absolute atomic E-state index is 0.0744. The molecule has 2 aromatic rings. The molecule has 1 aliphatic rings. The quantitative estimate of drug-likeness (QED) is 0.208. The van der Waals surface area contributed by atoms with Crippen LogP contribution >= 0.6 is 11.6 Å². The Morgan fingerprint density at radius 3 is 2.67 bits per heavy atom. The van der Waals surface area contributed by atoms with Gasteiger partial charge in [-0.3, -0.25) is 9.85 Å². The summed E-state index contributed by atoms with van der Waals surface area (Å²) < 4.78 is 10.5. The van der Waals surface area contributed by atoms with Gasteiger partial charge in [0.1, 0.15) is 11.9 Å². The van der Waals surface area contributed by atoms with Crippen LogP contribution in [0.5, 0.6) is 5.75 Å². The van der Waals surface area contributed by atoms with Crippen LogP contribution in [0.15, 0.2) is 54.6 Å². The summed E-state index contributed by atoms with van der Waals surface area (Å²) in [6, 6.07) is 16.6. The van der Waals surface area contributed by atoms with Crippen LogP contribution in [-0.4, -0.2) is 67.0 Å². The number of hydrazine groups is 1. The van der Waals surface area contributed by atoms with E-state index < -0.39 is 12.2 Å². The monoisotopic (exact) mass is 518 g/mol. The Morgan fingerprint density at radius 1 is 1.19 bits per heavy atom. The van der Waals surface area contributed by atoms with Crippen LogP contribution < -0.4 is 10.6 Å². The highest BCUT2D eigenvalue weighted by Gasteiger charge is 2.34. The molecule has 0 aromatic heterocycles. The number of rotatable bonds is 10. The van der Waals surface area contributed by atoms with Gasteiger partial charge in [0.05, 0.1) is 13.7 Å². The van der Waals surface area contributed by atoms with E-state index in [1.165, 1.54) is 17.2 Å². The van der Waals surface area contributed by atoms with Gasteiger partial charge in [-0.05, 0) is 49.6 Å². The van der Waals surface area contributed by atoms with Gasteiger partial charge in [0.25, 0.3) is 0 Å². The molecule has 3 amide bonds. The topological polar surface area (TPSA) is 97.6 Å². The van der Waals surface area contributed by atoms with Crippen LogP contribution in [0.2, 0.25) is 5.02 Å². The number of hydrogen-bond donors (Lipinski definition) is 1. The first-order chi connectivity index (χ1) is 17.4. The first-order valence-corrected chi connectivity index (χ1v) is 12.6. The number of methoxy groups -OCH3 is 1. The molecule has 1 aliphatic heterocycles. The molecule has 0 saturated carbocycles. The number of nitrogens with two attached hydrogens (primary N) is 1. The largest absolute Gasteiger partial charge is 0.494 e. The molecule has 1 fully saturated rings. The van der Waals surface area contributed by atoms with E-state index in [1.807, 2.05) is 48.5 Å². The number of likely N-dealkylation sites (tertiary alicyclic amines) is 1. The molecule has 10 heteroatoms. The molecule has 0 spiro atoms. The number of amides is 3. The molecule has 1 heterocycles. The molecule has 0 radical (unpaired) electrons. The van der Waals surface area contributed by atoms with Crippen molar-refractivity contribution in [2.45, 2.75) is 32.3 Å². The van der Waals surface area contributed by atoms with Crippen LogP contribution in [-0.2, 0) is 9.57 Å². The molecule has 9 nitrogen and oxygen atoms in total. The lowest BCUT2D eigenvalue weighted by Gasteiger charge is -2.39. The van der Waals surface area contributed by atoms with Gasteiger partial charge < -0.3 is 14.4 Å². The number of urea groups is 1. The number of nitrogens with zero attached hydrogens (tertiary/aromatic N) is 3. The molecule has 36 heavy (non-hydrogen) atoms. The zero-order valence-corrected chi connectivity index (χ0v) is 21.6. The van der Waals surface area contributed by atoms with E-state index in [0.717, 1.165) is 24.2 Å². The zero-order chi connectivity index (χ0) is 25.9. The fourth-order valence-corrected chi connectivity index (χ4v) is 4.44. The Hall–Kier alpha value is -3.01. The number of carbonyl (C=O) groups excluding carboxylic acids is 2. The van der Waals surface area contributed by atoms with E-state index in [0.29, 0.717) is 44.2 Å². The summed E-state index contributed by atoms with van der Waals surface area (Å²) in [5.41, 5.74) is 0.826. The second kappa shape index (κ2) is 13.9.